The Morgan fingerprint density at radius 1 is 1.17 bits per heavy atom. The number of amides is 1. The van der Waals surface area contributed by atoms with Crippen molar-refractivity contribution in [2.24, 2.45) is 0 Å². The van der Waals surface area contributed by atoms with E-state index in [0.717, 1.165) is 25.8 Å². The van der Waals surface area contributed by atoms with Crippen molar-refractivity contribution in [3.05, 3.63) is 35.4 Å². The van der Waals surface area contributed by atoms with Crippen molar-refractivity contribution in [3.8, 4) is 0 Å². The molecule has 0 spiro atoms. The summed E-state index contributed by atoms with van der Waals surface area (Å²) in [6.45, 7) is 8.94. The lowest BCUT2D eigenvalue weighted by atomic mass is 10.1. The fourth-order valence-electron chi connectivity index (χ4n) is 1.56. The second-order valence-corrected chi connectivity index (χ2v) is 4.19. The Labute approximate surface area is 112 Å². The van der Waals surface area contributed by atoms with Crippen molar-refractivity contribution >= 4 is 5.91 Å². The zero-order valence-electron chi connectivity index (χ0n) is 12.3. The highest BCUT2D eigenvalue weighted by Crippen LogP contribution is 2.07. The standard InChI is InChI=1S/C14H21NO.C2H6/c1-3-11-15-14(16)6-4-5-13-9-7-12(2)8-10-13;1-2/h7-10H,3-6,11H2,1-2H3,(H,15,16);1-2H3. The predicted octanol–water partition coefficient (Wildman–Crippen LogP) is 3.87. The van der Waals surface area contributed by atoms with Crippen LogP contribution in [0.2, 0.25) is 0 Å². The first-order valence-electron chi connectivity index (χ1n) is 7.04. The summed E-state index contributed by atoms with van der Waals surface area (Å²) < 4.78 is 0. The molecule has 0 saturated heterocycles. The molecule has 0 aliphatic heterocycles. The Bertz CT molecular complexity index is 316. The third-order valence-corrected chi connectivity index (χ3v) is 2.56. The van der Waals surface area contributed by atoms with E-state index in [1.807, 2.05) is 13.8 Å². The van der Waals surface area contributed by atoms with Crippen molar-refractivity contribution in [2.75, 3.05) is 6.54 Å². The molecular weight excluding hydrogens is 222 g/mol. The van der Waals surface area contributed by atoms with Crippen LogP contribution in [0.1, 0.15) is 51.2 Å². The van der Waals surface area contributed by atoms with Crippen LogP contribution in [-0.2, 0) is 11.2 Å². The summed E-state index contributed by atoms with van der Waals surface area (Å²) in [4.78, 5) is 11.3. The van der Waals surface area contributed by atoms with E-state index in [1.54, 1.807) is 0 Å². The summed E-state index contributed by atoms with van der Waals surface area (Å²) in [7, 11) is 0. The zero-order chi connectivity index (χ0) is 13.8. The van der Waals surface area contributed by atoms with Crippen LogP contribution in [0.4, 0.5) is 0 Å². The van der Waals surface area contributed by atoms with E-state index in [1.165, 1.54) is 11.1 Å². The van der Waals surface area contributed by atoms with Gasteiger partial charge in [-0.1, -0.05) is 50.6 Å². The summed E-state index contributed by atoms with van der Waals surface area (Å²) in [6, 6.07) is 8.51. The minimum absolute atomic E-state index is 0.175. The number of carbonyl (C=O) groups excluding carboxylic acids is 1. The first-order chi connectivity index (χ1) is 8.72. The molecule has 0 aromatic heterocycles. The van der Waals surface area contributed by atoms with E-state index < -0.39 is 0 Å². The Kier molecular flexibility index (Phi) is 10.0. The molecule has 0 radical (unpaired) electrons. The number of aryl methyl sites for hydroxylation is 2. The largest absolute Gasteiger partial charge is 0.356 e. The lowest BCUT2D eigenvalue weighted by molar-refractivity contribution is -0.121. The van der Waals surface area contributed by atoms with Gasteiger partial charge in [-0.2, -0.15) is 0 Å². The molecule has 102 valence electrons. The van der Waals surface area contributed by atoms with E-state index in [4.69, 9.17) is 0 Å². The Hall–Kier alpha value is -1.31. The number of benzene rings is 1. The third-order valence-electron chi connectivity index (χ3n) is 2.56. The minimum Gasteiger partial charge on any atom is -0.356 e. The van der Waals surface area contributed by atoms with Gasteiger partial charge in [-0.05, 0) is 31.7 Å². The maximum atomic E-state index is 11.3. The molecule has 0 unspecified atom stereocenters. The van der Waals surface area contributed by atoms with Gasteiger partial charge in [0.05, 0.1) is 0 Å². The van der Waals surface area contributed by atoms with E-state index in [0.29, 0.717) is 6.42 Å². The number of carbonyl (C=O) groups is 1. The van der Waals surface area contributed by atoms with E-state index in [2.05, 4.69) is 43.4 Å². The van der Waals surface area contributed by atoms with Crippen LogP contribution in [0.25, 0.3) is 0 Å². The molecule has 2 heteroatoms. The van der Waals surface area contributed by atoms with Crippen molar-refractivity contribution < 1.29 is 4.79 Å². The summed E-state index contributed by atoms with van der Waals surface area (Å²) >= 11 is 0. The molecule has 2 nitrogen and oxygen atoms in total. The van der Waals surface area contributed by atoms with Crippen molar-refractivity contribution in [3.63, 3.8) is 0 Å². The number of hydrogen-bond donors (Lipinski definition) is 1. The van der Waals surface area contributed by atoms with Gasteiger partial charge in [0, 0.05) is 13.0 Å². The van der Waals surface area contributed by atoms with Crippen LogP contribution in [0.5, 0.6) is 0 Å². The van der Waals surface area contributed by atoms with Crippen LogP contribution in [0.15, 0.2) is 24.3 Å². The number of hydrogen-bond acceptors (Lipinski definition) is 1. The smallest absolute Gasteiger partial charge is 0.220 e. The lowest BCUT2D eigenvalue weighted by Crippen LogP contribution is -2.23. The van der Waals surface area contributed by atoms with Gasteiger partial charge in [0.25, 0.3) is 0 Å². The van der Waals surface area contributed by atoms with Crippen molar-refractivity contribution in [1.82, 2.24) is 5.32 Å². The van der Waals surface area contributed by atoms with Gasteiger partial charge in [-0.25, -0.2) is 0 Å². The van der Waals surface area contributed by atoms with E-state index in [-0.39, 0.29) is 5.91 Å². The molecule has 0 aliphatic rings. The quantitative estimate of drug-likeness (QED) is 0.814. The first-order valence-corrected chi connectivity index (χ1v) is 7.04. The molecule has 0 heterocycles. The SMILES string of the molecule is CC.CCCNC(=O)CCCc1ccc(C)cc1. The van der Waals surface area contributed by atoms with Crippen molar-refractivity contribution in [1.29, 1.82) is 0 Å². The molecule has 0 aliphatic carbocycles. The normalized spacial score (nSPS) is 9.33. The van der Waals surface area contributed by atoms with Crippen LogP contribution in [-0.4, -0.2) is 12.5 Å². The van der Waals surface area contributed by atoms with Crippen LogP contribution >= 0.6 is 0 Å². The second kappa shape index (κ2) is 10.8. The summed E-state index contributed by atoms with van der Waals surface area (Å²) in [6.07, 6.45) is 3.55. The van der Waals surface area contributed by atoms with Crippen LogP contribution in [0, 0.1) is 6.92 Å². The average Bonchev–Trinajstić information content (AvgIpc) is 2.41. The van der Waals surface area contributed by atoms with Gasteiger partial charge < -0.3 is 5.32 Å². The van der Waals surface area contributed by atoms with Gasteiger partial charge in [0.2, 0.25) is 5.91 Å². The number of rotatable bonds is 6. The van der Waals surface area contributed by atoms with Crippen molar-refractivity contribution in [2.45, 2.75) is 53.4 Å². The second-order valence-electron chi connectivity index (χ2n) is 4.19. The fourth-order valence-corrected chi connectivity index (χ4v) is 1.56. The molecule has 18 heavy (non-hydrogen) atoms. The predicted molar refractivity (Wildman–Crippen MR) is 78.8 cm³/mol. The lowest BCUT2D eigenvalue weighted by Gasteiger charge is -2.04. The fraction of sp³-hybridized carbons (Fsp3) is 0.562. The van der Waals surface area contributed by atoms with Gasteiger partial charge in [-0.3, -0.25) is 4.79 Å². The molecule has 1 rings (SSSR count). The highest BCUT2D eigenvalue weighted by Gasteiger charge is 2.00. The molecule has 1 aromatic rings. The van der Waals surface area contributed by atoms with Gasteiger partial charge in [0.15, 0.2) is 0 Å². The van der Waals surface area contributed by atoms with Gasteiger partial charge >= 0.3 is 0 Å². The monoisotopic (exact) mass is 249 g/mol. The highest BCUT2D eigenvalue weighted by atomic mass is 16.1. The molecule has 0 atom stereocenters. The van der Waals surface area contributed by atoms with E-state index in [9.17, 15) is 4.79 Å². The third kappa shape index (κ3) is 7.88. The molecule has 1 aromatic carbocycles. The first kappa shape index (κ1) is 16.7. The molecular formula is C16H27NO. The molecule has 1 N–H and O–H groups in total. The Morgan fingerprint density at radius 2 is 1.78 bits per heavy atom. The zero-order valence-corrected chi connectivity index (χ0v) is 12.3. The molecule has 0 bridgehead atoms. The summed E-state index contributed by atoms with van der Waals surface area (Å²) in [5.74, 6) is 0.175. The average molecular weight is 249 g/mol. The topological polar surface area (TPSA) is 29.1 Å². The van der Waals surface area contributed by atoms with Crippen LogP contribution < -0.4 is 5.32 Å². The maximum Gasteiger partial charge on any atom is 0.220 e. The Morgan fingerprint density at radius 3 is 2.33 bits per heavy atom. The Balaban J connectivity index is 0.00000137. The molecule has 0 saturated carbocycles. The van der Waals surface area contributed by atoms with Crippen LogP contribution in [0.3, 0.4) is 0 Å². The van der Waals surface area contributed by atoms with Gasteiger partial charge in [0.1, 0.15) is 0 Å². The maximum absolute atomic E-state index is 11.3. The molecule has 0 fully saturated rings. The summed E-state index contributed by atoms with van der Waals surface area (Å²) in [5.41, 5.74) is 2.60. The summed E-state index contributed by atoms with van der Waals surface area (Å²) in [5, 5.41) is 2.89. The van der Waals surface area contributed by atoms with E-state index >= 15 is 0 Å². The molecule has 1 amide bonds. The highest BCUT2D eigenvalue weighted by molar-refractivity contribution is 5.75. The minimum atomic E-state index is 0.175. The number of nitrogens with one attached hydrogen (secondary N) is 1. The van der Waals surface area contributed by atoms with Gasteiger partial charge in [-0.15, -0.1) is 0 Å².